The van der Waals surface area contributed by atoms with Crippen LogP contribution in [0.1, 0.15) is 36.6 Å². The van der Waals surface area contributed by atoms with Crippen molar-refractivity contribution in [1.29, 1.82) is 5.41 Å². The molecule has 2 aromatic carbocycles. The van der Waals surface area contributed by atoms with Crippen LogP contribution in [0.3, 0.4) is 0 Å². The molecule has 1 atom stereocenters. The number of amidine groups is 1. The lowest BCUT2D eigenvalue weighted by molar-refractivity contribution is -0.144. The van der Waals surface area contributed by atoms with E-state index < -0.39 is 6.04 Å². The Bertz CT molecular complexity index is 760. The molecule has 0 saturated carbocycles. The first-order chi connectivity index (χ1) is 12.0. The van der Waals surface area contributed by atoms with Gasteiger partial charge in [0.2, 0.25) is 0 Å². The van der Waals surface area contributed by atoms with E-state index in [1.165, 1.54) is 0 Å². The fraction of sp³-hybridized carbons (Fsp3) is 0.263. The Labute approximate surface area is 153 Å². The topological polar surface area (TPSA) is 88.2 Å². The van der Waals surface area contributed by atoms with Crippen molar-refractivity contribution in [3.8, 4) is 0 Å². The monoisotopic (exact) mass is 357 g/mol. The zero-order valence-electron chi connectivity index (χ0n) is 14.4. The van der Waals surface area contributed by atoms with Crippen LogP contribution < -0.4 is 11.1 Å². The highest BCUT2D eigenvalue weighted by molar-refractivity contribution is 7.80. The van der Waals surface area contributed by atoms with Gasteiger partial charge in [-0.15, -0.1) is 12.6 Å². The highest BCUT2D eigenvalue weighted by atomic mass is 32.1. The summed E-state index contributed by atoms with van der Waals surface area (Å²) in [5.41, 5.74) is 8.68. The lowest BCUT2D eigenvalue weighted by Gasteiger charge is -2.21. The molecule has 1 unspecified atom stereocenters. The number of rotatable bonds is 7. The van der Waals surface area contributed by atoms with Crippen molar-refractivity contribution >= 4 is 30.1 Å². The molecule has 0 aromatic heterocycles. The van der Waals surface area contributed by atoms with Crippen LogP contribution in [0.25, 0.3) is 0 Å². The first kappa shape index (κ1) is 18.9. The summed E-state index contributed by atoms with van der Waals surface area (Å²) < 4.78 is 5.23. The number of nitrogens with two attached hydrogens (primary N) is 1. The van der Waals surface area contributed by atoms with Crippen LogP contribution in [0.2, 0.25) is 0 Å². The van der Waals surface area contributed by atoms with Gasteiger partial charge in [-0.3, -0.25) is 5.41 Å². The van der Waals surface area contributed by atoms with Crippen LogP contribution >= 0.6 is 12.6 Å². The maximum absolute atomic E-state index is 12.5. The van der Waals surface area contributed by atoms with E-state index in [1.807, 2.05) is 25.1 Å². The van der Waals surface area contributed by atoms with E-state index in [1.54, 1.807) is 31.2 Å². The van der Waals surface area contributed by atoms with E-state index in [-0.39, 0.29) is 11.8 Å². The minimum absolute atomic E-state index is 0.00165. The average Bonchev–Trinajstić information content (AvgIpc) is 2.61. The molecular weight excluding hydrogens is 334 g/mol. The number of nitrogen functional groups attached to an aromatic ring is 1. The maximum Gasteiger partial charge on any atom is 0.333 e. The maximum atomic E-state index is 12.5. The Morgan fingerprint density at radius 2 is 1.92 bits per heavy atom. The van der Waals surface area contributed by atoms with Crippen molar-refractivity contribution in [3.05, 3.63) is 59.2 Å². The molecule has 0 aliphatic rings. The Morgan fingerprint density at radius 1 is 1.24 bits per heavy atom. The second-order valence-electron chi connectivity index (χ2n) is 5.53. The third kappa shape index (κ3) is 4.54. The normalized spacial score (nSPS) is 11.6. The van der Waals surface area contributed by atoms with Gasteiger partial charge in [0, 0.05) is 16.1 Å². The van der Waals surface area contributed by atoms with E-state index >= 15 is 0 Å². The number of hydrogen-bond acceptors (Lipinski definition) is 5. The van der Waals surface area contributed by atoms with E-state index in [2.05, 4.69) is 17.9 Å². The minimum Gasteiger partial charge on any atom is -0.464 e. The summed E-state index contributed by atoms with van der Waals surface area (Å²) in [6, 6.07) is 12.2. The molecule has 5 nitrogen and oxygen atoms in total. The third-order valence-electron chi connectivity index (χ3n) is 3.87. The summed E-state index contributed by atoms with van der Waals surface area (Å²) in [4.78, 5) is 13.3. The van der Waals surface area contributed by atoms with Gasteiger partial charge >= 0.3 is 5.97 Å². The number of nitrogens with one attached hydrogen (secondary N) is 2. The van der Waals surface area contributed by atoms with Gasteiger partial charge in [0.25, 0.3) is 0 Å². The lowest BCUT2D eigenvalue weighted by Crippen LogP contribution is -2.24. The number of thiol groups is 1. The van der Waals surface area contributed by atoms with Gasteiger partial charge in [-0.25, -0.2) is 4.79 Å². The molecule has 0 spiro atoms. The van der Waals surface area contributed by atoms with Crippen molar-refractivity contribution in [2.24, 2.45) is 5.73 Å². The number of carbonyl (C=O) groups is 1. The van der Waals surface area contributed by atoms with Crippen molar-refractivity contribution in [2.75, 3.05) is 11.9 Å². The molecule has 0 amide bonds. The predicted molar refractivity (Wildman–Crippen MR) is 104 cm³/mol. The highest BCUT2D eigenvalue weighted by Crippen LogP contribution is 2.29. The smallest absolute Gasteiger partial charge is 0.333 e. The van der Waals surface area contributed by atoms with E-state index in [4.69, 9.17) is 15.9 Å². The molecule has 4 N–H and O–H groups in total. The summed E-state index contributed by atoms with van der Waals surface area (Å²) in [5.74, 6) is -0.358. The molecule has 0 aliphatic carbocycles. The molecule has 0 saturated heterocycles. The van der Waals surface area contributed by atoms with Gasteiger partial charge in [-0.05, 0) is 48.7 Å². The van der Waals surface area contributed by atoms with Gasteiger partial charge in [0.05, 0.1) is 6.61 Å². The van der Waals surface area contributed by atoms with Crippen molar-refractivity contribution in [3.63, 3.8) is 0 Å². The Kier molecular flexibility index (Phi) is 6.47. The molecule has 25 heavy (non-hydrogen) atoms. The Hall–Kier alpha value is -2.47. The molecule has 0 bridgehead atoms. The van der Waals surface area contributed by atoms with Crippen molar-refractivity contribution in [1.82, 2.24) is 0 Å². The summed E-state index contributed by atoms with van der Waals surface area (Å²) in [6.07, 6.45) is 0.829. The number of hydrogen-bond donors (Lipinski definition) is 4. The Morgan fingerprint density at radius 3 is 2.48 bits per heavy atom. The van der Waals surface area contributed by atoms with Crippen LogP contribution in [0.15, 0.2) is 47.4 Å². The first-order valence-corrected chi connectivity index (χ1v) is 8.61. The number of ether oxygens (including phenoxy) is 1. The van der Waals surface area contributed by atoms with Gasteiger partial charge in [0.1, 0.15) is 5.84 Å². The zero-order valence-corrected chi connectivity index (χ0v) is 15.3. The summed E-state index contributed by atoms with van der Waals surface area (Å²) in [5, 5.41) is 10.7. The lowest BCUT2D eigenvalue weighted by atomic mass is 10.0. The largest absolute Gasteiger partial charge is 0.464 e. The van der Waals surface area contributed by atoms with Crippen LogP contribution in [0, 0.1) is 5.41 Å². The quantitative estimate of drug-likeness (QED) is 0.264. The summed E-state index contributed by atoms with van der Waals surface area (Å²) in [7, 11) is 0. The second-order valence-corrected chi connectivity index (χ2v) is 5.98. The molecule has 132 valence electrons. The first-order valence-electron chi connectivity index (χ1n) is 8.16. The molecule has 0 aliphatic heterocycles. The SMILES string of the molecule is CCOC(=O)C(Nc1ccc(C(=N)N)cc1)c1cccc(CC)c1S. The molecule has 2 rings (SSSR count). The van der Waals surface area contributed by atoms with Crippen LogP contribution in [-0.4, -0.2) is 18.4 Å². The van der Waals surface area contributed by atoms with E-state index in [0.29, 0.717) is 12.2 Å². The van der Waals surface area contributed by atoms with Crippen LogP contribution in [-0.2, 0) is 16.0 Å². The number of anilines is 1. The number of carbonyl (C=O) groups excluding carboxylic acids is 1. The molecule has 6 heteroatoms. The standard InChI is InChI=1S/C19H23N3O2S/c1-3-12-6-5-7-15(17(12)25)16(19(23)24-4-2)22-14-10-8-13(9-11-14)18(20)21/h5-11,16,22,25H,3-4H2,1-2H3,(H3,20,21). The zero-order chi connectivity index (χ0) is 18.4. The molecule has 0 radical (unpaired) electrons. The van der Waals surface area contributed by atoms with Crippen LogP contribution in [0.5, 0.6) is 0 Å². The summed E-state index contributed by atoms with van der Waals surface area (Å²) in [6.45, 7) is 4.13. The number of esters is 1. The third-order valence-corrected chi connectivity index (χ3v) is 4.42. The van der Waals surface area contributed by atoms with Gasteiger partial charge in [-0.1, -0.05) is 25.1 Å². The average molecular weight is 357 g/mol. The van der Waals surface area contributed by atoms with Gasteiger partial charge in [-0.2, -0.15) is 0 Å². The van der Waals surface area contributed by atoms with E-state index in [9.17, 15) is 4.79 Å². The molecular formula is C19H23N3O2S. The van der Waals surface area contributed by atoms with Crippen molar-refractivity contribution in [2.45, 2.75) is 31.2 Å². The van der Waals surface area contributed by atoms with E-state index in [0.717, 1.165) is 28.1 Å². The van der Waals surface area contributed by atoms with Crippen molar-refractivity contribution < 1.29 is 9.53 Å². The highest BCUT2D eigenvalue weighted by Gasteiger charge is 2.24. The Balaban J connectivity index is 2.36. The van der Waals surface area contributed by atoms with Gasteiger partial charge in [0.15, 0.2) is 6.04 Å². The fourth-order valence-corrected chi connectivity index (χ4v) is 2.97. The predicted octanol–water partition coefficient (Wildman–Crippen LogP) is 3.54. The minimum atomic E-state index is -0.665. The summed E-state index contributed by atoms with van der Waals surface area (Å²) >= 11 is 4.61. The van der Waals surface area contributed by atoms with Crippen LogP contribution in [0.4, 0.5) is 5.69 Å². The van der Waals surface area contributed by atoms with Gasteiger partial charge < -0.3 is 15.8 Å². The second kappa shape index (κ2) is 8.58. The molecule has 0 fully saturated rings. The fourth-order valence-electron chi connectivity index (χ4n) is 2.53. The molecule has 2 aromatic rings. The number of benzene rings is 2. The number of aryl methyl sites for hydroxylation is 1. The molecule has 0 heterocycles.